The van der Waals surface area contributed by atoms with Gasteiger partial charge >= 0.3 is 11.9 Å². The van der Waals surface area contributed by atoms with Crippen molar-refractivity contribution in [3.8, 4) is 0 Å². The molecule has 4 unspecified atom stereocenters. The van der Waals surface area contributed by atoms with Crippen LogP contribution >= 0.6 is 11.8 Å². The van der Waals surface area contributed by atoms with Crippen molar-refractivity contribution in [3.63, 3.8) is 0 Å². The highest BCUT2D eigenvalue weighted by molar-refractivity contribution is 7.98. The molecule has 0 aromatic heterocycles. The fraction of sp³-hybridized carbons (Fsp3) is 0.667. The summed E-state index contributed by atoms with van der Waals surface area (Å²) in [6.07, 6.45) is 1.75. The minimum absolute atomic E-state index is 0.0619. The van der Waals surface area contributed by atoms with Gasteiger partial charge in [-0.25, -0.2) is 4.79 Å². The Morgan fingerprint density at radius 2 is 1.55 bits per heavy atom. The molecule has 4 atom stereocenters. The summed E-state index contributed by atoms with van der Waals surface area (Å²) >= 11 is 1.42. The van der Waals surface area contributed by atoms with Crippen molar-refractivity contribution in [2.45, 2.75) is 56.8 Å². The number of hydrogen-bond donors (Lipinski definition) is 8. The average Bonchev–Trinajstić information content (AvgIpc) is 2.71. The minimum atomic E-state index is -1.34. The Balaban J connectivity index is 4.99. The number of aliphatic carboxylic acids is 2. The maximum Gasteiger partial charge on any atom is 0.326 e. The van der Waals surface area contributed by atoms with E-state index in [1.165, 1.54) is 18.7 Å². The van der Waals surface area contributed by atoms with Gasteiger partial charge in [0.15, 0.2) is 5.96 Å². The zero-order chi connectivity index (χ0) is 25.6. The second kappa shape index (κ2) is 15.7. The number of carboxylic acids is 2. The third-order valence-corrected chi connectivity index (χ3v) is 4.93. The van der Waals surface area contributed by atoms with Gasteiger partial charge in [-0.1, -0.05) is 0 Å². The molecule has 0 bridgehead atoms. The highest BCUT2D eigenvalue weighted by Gasteiger charge is 2.28. The maximum atomic E-state index is 12.6. The van der Waals surface area contributed by atoms with Crippen LogP contribution in [-0.4, -0.2) is 88.6 Å². The van der Waals surface area contributed by atoms with Crippen molar-refractivity contribution in [1.29, 1.82) is 0 Å². The second-order valence-electron chi connectivity index (χ2n) is 7.13. The number of thioether (sulfide) groups is 1. The Morgan fingerprint density at radius 1 is 0.939 bits per heavy atom. The standard InChI is InChI=1S/C18H33N7O7S/c1-9(14(28)25-12(17(31)32)4-3-6-22-18(20)21)23-16(30)11(5-7-33-2)24-15(29)10(19)8-13(26)27/h9-12H,3-8,19H2,1-2H3,(H,23,30)(H,24,29)(H,25,28)(H,26,27)(H,31,32)(H4,20,21,22). The van der Waals surface area contributed by atoms with Gasteiger partial charge in [0.1, 0.15) is 18.1 Å². The molecule has 0 aliphatic heterocycles. The number of hydrogen-bond acceptors (Lipinski definition) is 8. The van der Waals surface area contributed by atoms with E-state index in [-0.39, 0.29) is 25.3 Å². The number of rotatable bonds is 16. The Kier molecular flexibility index (Phi) is 14.2. The van der Waals surface area contributed by atoms with Crippen molar-refractivity contribution in [1.82, 2.24) is 16.0 Å². The van der Waals surface area contributed by atoms with Crippen molar-refractivity contribution in [2.75, 3.05) is 18.6 Å². The van der Waals surface area contributed by atoms with Crippen molar-refractivity contribution in [3.05, 3.63) is 0 Å². The molecule has 188 valence electrons. The zero-order valence-electron chi connectivity index (χ0n) is 18.6. The van der Waals surface area contributed by atoms with E-state index >= 15 is 0 Å². The van der Waals surface area contributed by atoms with E-state index in [9.17, 15) is 29.1 Å². The first-order valence-corrected chi connectivity index (χ1v) is 11.4. The number of carboxylic acid groups (broad SMARTS) is 2. The summed E-state index contributed by atoms with van der Waals surface area (Å²) < 4.78 is 0. The molecule has 0 aromatic rings. The molecular formula is C18H33N7O7S. The van der Waals surface area contributed by atoms with Gasteiger partial charge in [-0.3, -0.25) is 24.2 Å². The van der Waals surface area contributed by atoms with Crippen LogP contribution in [0.15, 0.2) is 4.99 Å². The fourth-order valence-corrected chi connectivity index (χ4v) is 2.97. The predicted octanol–water partition coefficient (Wildman–Crippen LogP) is -2.85. The third-order valence-electron chi connectivity index (χ3n) is 4.29. The predicted molar refractivity (Wildman–Crippen MR) is 122 cm³/mol. The van der Waals surface area contributed by atoms with Crippen LogP contribution in [0, 0.1) is 0 Å². The summed E-state index contributed by atoms with van der Waals surface area (Å²) in [6, 6.07) is -4.73. The third kappa shape index (κ3) is 13.2. The van der Waals surface area contributed by atoms with E-state index < -0.39 is 60.2 Å². The normalized spacial score (nSPS) is 14.2. The first kappa shape index (κ1) is 29.9. The van der Waals surface area contributed by atoms with E-state index in [4.69, 9.17) is 22.3 Å². The molecule has 33 heavy (non-hydrogen) atoms. The Bertz CT molecular complexity index is 731. The Hall–Kier alpha value is -3.07. The quantitative estimate of drug-likeness (QED) is 0.0619. The first-order valence-electron chi connectivity index (χ1n) is 10.0. The molecule has 0 rings (SSSR count). The number of nitrogens with two attached hydrogens (primary N) is 3. The lowest BCUT2D eigenvalue weighted by molar-refractivity contribution is -0.142. The summed E-state index contributed by atoms with van der Waals surface area (Å²) in [5.41, 5.74) is 15.9. The van der Waals surface area contributed by atoms with Crippen LogP contribution in [0.3, 0.4) is 0 Å². The van der Waals surface area contributed by atoms with Gasteiger partial charge in [0.2, 0.25) is 17.7 Å². The molecule has 0 spiro atoms. The molecule has 0 aromatic carbocycles. The van der Waals surface area contributed by atoms with E-state index in [0.29, 0.717) is 12.2 Å². The highest BCUT2D eigenvalue weighted by atomic mass is 32.2. The summed E-state index contributed by atoms with van der Waals surface area (Å²) in [5, 5.41) is 25.2. The van der Waals surface area contributed by atoms with Crippen LogP contribution in [0.4, 0.5) is 0 Å². The van der Waals surface area contributed by atoms with Crippen LogP contribution in [-0.2, 0) is 24.0 Å². The lowest BCUT2D eigenvalue weighted by Gasteiger charge is -2.23. The molecule has 15 heteroatoms. The summed E-state index contributed by atoms with van der Waals surface area (Å²) in [5.74, 6) is -4.41. The fourth-order valence-electron chi connectivity index (χ4n) is 2.50. The molecule has 14 nitrogen and oxygen atoms in total. The summed E-state index contributed by atoms with van der Waals surface area (Å²) in [4.78, 5) is 63.0. The smallest absolute Gasteiger partial charge is 0.326 e. The molecule has 0 saturated heterocycles. The summed E-state index contributed by atoms with van der Waals surface area (Å²) in [6.45, 7) is 1.55. The average molecular weight is 492 g/mol. The minimum Gasteiger partial charge on any atom is -0.481 e. The molecule has 0 aliphatic carbocycles. The van der Waals surface area contributed by atoms with Crippen molar-refractivity contribution in [2.24, 2.45) is 22.2 Å². The van der Waals surface area contributed by atoms with Crippen LogP contribution in [0.2, 0.25) is 0 Å². The zero-order valence-corrected chi connectivity index (χ0v) is 19.4. The highest BCUT2D eigenvalue weighted by Crippen LogP contribution is 2.04. The number of aliphatic imine (C=N–C) groups is 1. The molecule has 0 saturated carbocycles. The van der Waals surface area contributed by atoms with Gasteiger partial charge in [0, 0.05) is 6.54 Å². The number of carbonyl (C=O) groups is 5. The van der Waals surface area contributed by atoms with E-state index in [1.54, 1.807) is 6.26 Å². The van der Waals surface area contributed by atoms with Gasteiger partial charge in [0.05, 0.1) is 12.5 Å². The van der Waals surface area contributed by atoms with Gasteiger partial charge in [0.25, 0.3) is 0 Å². The van der Waals surface area contributed by atoms with E-state index in [2.05, 4.69) is 20.9 Å². The largest absolute Gasteiger partial charge is 0.481 e. The molecule has 0 aliphatic rings. The summed E-state index contributed by atoms with van der Waals surface area (Å²) in [7, 11) is 0. The SMILES string of the molecule is CSCCC(NC(=O)C(N)CC(=O)O)C(=O)NC(C)C(=O)NC(CCCN=C(N)N)C(=O)O. The number of amides is 3. The number of carbonyl (C=O) groups excluding carboxylic acids is 3. The molecule has 11 N–H and O–H groups in total. The van der Waals surface area contributed by atoms with Crippen molar-refractivity contribution < 1.29 is 34.2 Å². The number of nitrogens with zero attached hydrogens (tertiary/aromatic N) is 1. The van der Waals surface area contributed by atoms with Crippen molar-refractivity contribution >= 4 is 47.4 Å². The van der Waals surface area contributed by atoms with Gasteiger partial charge in [-0.05, 0) is 38.2 Å². The number of nitrogens with one attached hydrogen (secondary N) is 3. The topological polar surface area (TPSA) is 252 Å². The lowest BCUT2D eigenvalue weighted by Crippen LogP contribution is -2.56. The maximum absolute atomic E-state index is 12.6. The number of guanidine groups is 1. The van der Waals surface area contributed by atoms with Crippen LogP contribution in [0.25, 0.3) is 0 Å². The van der Waals surface area contributed by atoms with E-state index in [1.807, 2.05) is 0 Å². The van der Waals surface area contributed by atoms with Gasteiger partial charge in [-0.15, -0.1) is 0 Å². The Labute approximate surface area is 195 Å². The van der Waals surface area contributed by atoms with Crippen LogP contribution in [0.1, 0.15) is 32.6 Å². The van der Waals surface area contributed by atoms with Crippen LogP contribution < -0.4 is 33.2 Å². The lowest BCUT2D eigenvalue weighted by atomic mass is 10.1. The second-order valence-corrected chi connectivity index (χ2v) is 8.11. The molecular weight excluding hydrogens is 458 g/mol. The molecule has 3 amide bonds. The molecule has 0 radical (unpaired) electrons. The van der Waals surface area contributed by atoms with E-state index in [0.717, 1.165) is 0 Å². The van der Waals surface area contributed by atoms with Gasteiger partial charge in [-0.2, -0.15) is 11.8 Å². The van der Waals surface area contributed by atoms with Crippen LogP contribution in [0.5, 0.6) is 0 Å². The Morgan fingerprint density at radius 3 is 2.06 bits per heavy atom. The first-order chi connectivity index (χ1) is 15.4. The monoisotopic (exact) mass is 491 g/mol. The molecule has 0 fully saturated rings. The van der Waals surface area contributed by atoms with Gasteiger partial charge < -0.3 is 43.4 Å². The molecule has 0 heterocycles.